The second-order valence-electron chi connectivity index (χ2n) is 8.91. The van der Waals surface area contributed by atoms with Crippen LogP contribution in [0.1, 0.15) is 43.7 Å². The highest BCUT2D eigenvalue weighted by Crippen LogP contribution is 2.60. The second-order valence-corrected chi connectivity index (χ2v) is 8.91. The lowest BCUT2D eigenvalue weighted by Crippen LogP contribution is -2.50. The van der Waals surface area contributed by atoms with Crippen molar-refractivity contribution in [2.45, 2.75) is 11.8 Å². The van der Waals surface area contributed by atoms with E-state index in [9.17, 15) is 19.2 Å². The molecule has 6 rings (SSSR count). The molecule has 180 valence electrons. The zero-order chi connectivity index (χ0) is 25.4. The topological polar surface area (TPSA) is 86.7 Å². The number of benzene rings is 3. The molecule has 6 heteroatoms. The molecule has 4 atom stereocenters. The van der Waals surface area contributed by atoms with Gasteiger partial charge in [-0.05, 0) is 11.1 Å². The van der Waals surface area contributed by atoms with Crippen LogP contribution in [-0.4, -0.2) is 37.7 Å². The normalized spacial score (nSPS) is 21.9. The lowest BCUT2D eigenvalue weighted by molar-refractivity contribution is -0.140. The monoisotopic (exact) mass is 480 g/mol. The molecule has 0 amide bonds. The molecule has 0 spiro atoms. The molecule has 0 fully saturated rings. The first-order valence-corrected chi connectivity index (χ1v) is 11.7. The van der Waals surface area contributed by atoms with E-state index in [1.54, 1.807) is 60.7 Å². The summed E-state index contributed by atoms with van der Waals surface area (Å²) in [6, 6.07) is 24.8. The predicted octanol–water partition coefficient (Wildman–Crippen LogP) is 4.52. The van der Waals surface area contributed by atoms with Gasteiger partial charge in [0, 0.05) is 34.8 Å². The molecule has 0 saturated heterocycles. The number of esters is 2. The third kappa shape index (κ3) is 3.57. The zero-order valence-corrected chi connectivity index (χ0v) is 19.8. The van der Waals surface area contributed by atoms with Gasteiger partial charge in [-0.25, -0.2) is 9.59 Å². The first-order valence-electron chi connectivity index (χ1n) is 11.7. The summed E-state index contributed by atoms with van der Waals surface area (Å²) in [6.07, 6.45) is 0. The van der Waals surface area contributed by atoms with Crippen molar-refractivity contribution in [2.75, 3.05) is 14.2 Å². The van der Waals surface area contributed by atoms with E-state index in [1.165, 1.54) is 14.2 Å². The highest BCUT2D eigenvalue weighted by atomic mass is 16.5. The first-order chi connectivity index (χ1) is 17.5. The number of hydrogen-bond donors (Lipinski definition) is 0. The molecule has 2 bridgehead atoms. The number of ketones is 2. The molecule has 0 unspecified atom stereocenters. The van der Waals surface area contributed by atoms with Crippen molar-refractivity contribution in [1.82, 2.24) is 0 Å². The van der Waals surface area contributed by atoms with Crippen molar-refractivity contribution in [2.24, 2.45) is 11.8 Å². The number of carbonyl (C=O) groups excluding carboxylic acids is 4. The Balaban J connectivity index is 1.82. The minimum atomic E-state index is -0.914. The van der Waals surface area contributed by atoms with Crippen LogP contribution in [0.3, 0.4) is 0 Å². The summed E-state index contributed by atoms with van der Waals surface area (Å²) in [5.74, 6) is -5.48. The van der Waals surface area contributed by atoms with E-state index in [0.29, 0.717) is 11.1 Å². The maximum Gasteiger partial charge on any atom is 0.334 e. The maximum absolute atomic E-state index is 14.1. The molecule has 0 radical (unpaired) electrons. The van der Waals surface area contributed by atoms with Gasteiger partial charge in [-0.1, -0.05) is 84.9 Å². The standard InChI is InChI=1S/C30H24O6/c1-35-29(33)25-21-19-15-9-10-16-20(19)22(26(25)30(34)36-2)24(28(32)18-13-7-4-8-14-18)23(21)27(31)17-11-5-3-6-12-17/h3-16,21-24H,1-2H3/t21-,22+,23-,24-/m1/s1. The Bertz CT molecular complexity index is 1280. The predicted molar refractivity (Wildman–Crippen MR) is 132 cm³/mol. The fourth-order valence-corrected chi connectivity index (χ4v) is 5.80. The van der Waals surface area contributed by atoms with Gasteiger partial charge in [-0.3, -0.25) is 9.59 Å². The van der Waals surface area contributed by atoms with Gasteiger partial charge in [0.25, 0.3) is 0 Å². The molecule has 0 saturated carbocycles. The van der Waals surface area contributed by atoms with Crippen LogP contribution in [0, 0.1) is 11.8 Å². The molecule has 0 aliphatic heterocycles. The number of rotatable bonds is 6. The van der Waals surface area contributed by atoms with Crippen molar-refractivity contribution in [3.05, 3.63) is 118 Å². The Labute approximate surface area is 208 Å². The van der Waals surface area contributed by atoms with Crippen molar-refractivity contribution in [1.29, 1.82) is 0 Å². The molecule has 0 N–H and O–H groups in total. The summed E-state index contributed by atoms with van der Waals surface area (Å²) < 4.78 is 10.2. The molecular weight excluding hydrogens is 456 g/mol. The third-order valence-corrected chi connectivity index (χ3v) is 7.22. The van der Waals surface area contributed by atoms with Crippen LogP contribution in [-0.2, 0) is 19.1 Å². The lowest BCUT2D eigenvalue weighted by Gasteiger charge is -2.49. The summed E-state index contributed by atoms with van der Waals surface area (Å²) in [6.45, 7) is 0. The van der Waals surface area contributed by atoms with Crippen LogP contribution < -0.4 is 0 Å². The summed E-state index contributed by atoms with van der Waals surface area (Å²) in [5, 5.41) is 0. The smallest absolute Gasteiger partial charge is 0.334 e. The van der Waals surface area contributed by atoms with Crippen LogP contribution in [0.5, 0.6) is 0 Å². The van der Waals surface area contributed by atoms with E-state index < -0.39 is 35.6 Å². The van der Waals surface area contributed by atoms with E-state index in [4.69, 9.17) is 9.47 Å². The van der Waals surface area contributed by atoms with Crippen LogP contribution in [0.2, 0.25) is 0 Å². The maximum atomic E-state index is 14.1. The highest BCUT2D eigenvalue weighted by Gasteiger charge is 2.59. The number of carbonyl (C=O) groups is 4. The van der Waals surface area contributed by atoms with Crippen molar-refractivity contribution in [3.8, 4) is 0 Å². The van der Waals surface area contributed by atoms with Gasteiger partial charge in [-0.2, -0.15) is 0 Å². The average molecular weight is 481 g/mol. The molecule has 3 aromatic rings. The fourth-order valence-electron chi connectivity index (χ4n) is 5.80. The Morgan fingerprint density at radius 2 is 0.861 bits per heavy atom. The molecule has 3 aliphatic rings. The van der Waals surface area contributed by atoms with Gasteiger partial charge in [0.15, 0.2) is 11.6 Å². The third-order valence-electron chi connectivity index (χ3n) is 7.22. The lowest BCUT2D eigenvalue weighted by atomic mass is 9.51. The quantitative estimate of drug-likeness (QED) is 0.381. The van der Waals surface area contributed by atoms with Crippen molar-refractivity contribution >= 4 is 23.5 Å². The Kier molecular flexibility index (Phi) is 6.10. The Morgan fingerprint density at radius 3 is 1.19 bits per heavy atom. The molecule has 0 heterocycles. The number of methoxy groups -OCH3 is 2. The van der Waals surface area contributed by atoms with E-state index in [-0.39, 0.29) is 22.7 Å². The molecular formula is C30H24O6. The van der Waals surface area contributed by atoms with Gasteiger partial charge in [0.1, 0.15) is 0 Å². The molecule has 6 nitrogen and oxygen atoms in total. The minimum Gasteiger partial charge on any atom is -0.466 e. The largest absolute Gasteiger partial charge is 0.466 e. The highest BCUT2D eigenvalue weighted by molar-refractivity contribution is 6.12. The van der Waals surface area contributed by atoms with Crippen LogP contribution in [0.15, 0.2) is 96.1 Å². The molecule has 36 heavy (non-hydrogen) atoms. The van der Waals surface area contributed by atoms with Gasteiger partial charge in [0.05, 0.1) is 25.4 Å². The second kappa shape index (κ2) is 9.38. The van der Waals surface area contributed by atoms with Crippen LogP contribution >= 0.6 is 0 Å². The van der Waals surface area contributed by atoms with E-state index in [2.05, 4.69) is 0 Å². The number of hydrogen-bond acceptors (Lipinski definition) is 6. The van der Waals surface area contributed by atoms with E-state index in [0.717, 1.165) is 11.1 Å². The SMILES string of the molecule is COC(=O)C1=C(C(=O)OC)[C@H]2c3ccccc3[C@@H]1[C@@H](C(=O)c1ccccc1)[C@@H]2C(=O)c1ccccc1. The average Bonchev–Trinajstić information content (AvgIpc) is 2.95. The number of ether oxygens (including phenoxy) is 2. The Morgan fingerprint density at radius 1 is 0.528 bits per heavy atom. The van der Waals surface area contributed by atoms with E-state index >= 15 is 0 Å². The number of Topliss-reactive ketones (excluding diaryl/α,β-unsaturated/α-hetero) is 2. The molecule has 0 aromatic heterocycles. The molecule has 3 aromatic carbocycles. The minimum absolute atomic E-state index is 0.0828. The summed E-state index contributed by atoms with van der Waals surface area (Å²) in [5.41, 5.74) is 2.51. The fraction of sp³-hybridized carbons (Fsp3) is 0.200. The summed E-state index contributed by atoms with van der Waals surface area (Å²) in [4.78, 5) is 54.5. The van der Waals surface area contributed by atoms with Crippen LogP contribution in [0.25, 0.3) is 0 Å². The summed E-state index contributed by atoms with van der Waals surface area (Å²) in [7, 11) is 2.47. The van der Waals surface area contributed by atoms with Gasteiger partial charge < -0.3 is 9.47 Å². The Hall–Kier alpha value is -4.32. The van der Waals surface area contributed by atoms with E-state index in [1.807, 2.05) is 24.3 Å². The van der Waals surface area contributed by atoms with Crippen molar-refractivity contribution < 1.29 is 28.7 Å². The van der Waals surface area contributed by atoms with Gasteiger partial charge in [-0.15, -0.1) is 0 Å². The van der Waals surface area contributed by atoms with Gasteiger partial charge >= 0.3 is 11.9 Å². The first kappa shape index (κ1) is 23.4. The van der Waals surface area contributed by atoms with Crippen LogP contribution in [0.4, 0.5) is 0 Å². The van der Waals surface area contributed by atoms with Crippen molar-refractivity contribution in [3.63, 3.8) is 0 Å². The zero-order valence-electron chi connectivity index (χ0n) is 19.8. The van der Waals surface area contributed by atoms with Gasteiger partial charge in [0.2, 0.25) is 0 Å². The number of fused-ring (bicyclic) bond motifs is 1. The molecule has 3 aliphatic carbocycles. The summed E-state index contributed by atoms with van der Waals surface area (Å²) >= 11 is 0.